The number of rotatable bonds is 7. The topological polar surface area (TPSA) is 79.3 Å². The molecule has 3 heterocycles. The lowest BCUT2D eigenvalue weighted by molar-refractivity contribution is 0.0442. The zero-order valence-electron chi connectivity index (χ0n) is 17.0. The largest absolute Gasteiger partial charge is 0.452 e. The normalized spacial score (nSPS) is 10.9. The molecule has 0 fully saturated rings. The number of hydrogen-bond donors (Lipinski definition) is 0. The first-order chi connectivity index (χ1) is 14.9. The fourth-order valence-electron chi connectivity index (χ4n) is 3.46. The van der Waals surface area contributed by atoms with E-state index in [-0.39, 0.29) is 17.4 Å². The van der Waals surface area contributed by atoms with Gasteiger partial charge in [-0.25, -0.2) is 9.18 Å². The van der Waals surface area contributed by atoms with Crippen LogP contribution in [-0.2, 0) is 11.3 Å². The van der Waals surface area contributed by atoms with Gasteiger partial charge in [-0.05, 0) is 56.3 Å². The van der Waals surface area contributed by atoms with Crippen LogP contribution in [0.25, 0.3) is 5.69 Å². The molecule has 3 aromatic heterocycles. The second-order valence-corrected chi connectivity index (χ2v) is 7.07. The molecular weight excluding hydrogens is 401 g/mol. The zero-order valence-corrected chi connectivity index (χ0v) is 17.0. The highest BCUT2D eigenvalue weighted by Gasteiger charge is 2.20. The Balaban J connectivity index is 1.43. The smallest absolute Gasteiger partial charge is 0.374 e. The van der Waals surface area contributed by atoms with Crippen LogP contribution in [0.5, 0.6) is 0 Å². The number of esters is 1. The van der Waals surface area contributed by atoms with E-state index in [1.165, 1.54) is 18.2 Å². The third-order valence-electron chi connectivity index (χ3n) is 4.87. The second kappa shape index (κ2) is 8.43. The Morgan fingerprint density at radius 3 is 2.71 bits per heavy atom. The number of ketones is 1. The second-order valence-electron chi connectivity index (χ2n) is 7.07. The third-order valence-corrected chi connectivity index (χ3v) is 4.87. The summed E-state index contributed by atoms with van der Waals surface area (Å²) in [7, 11) is 0. The number of aromatic nitrogens is 3. The van der Waals surface area contributed by atoms with Crippen LogP contribution in [0.2, 0.25) is 0 Å². The van der Waals surface area contributed by atoms with Crippen LogP contribution in [0.4, 0.5) is 4.39 Å². The minimum Gasteiger partial charge on any atom is -0.452 e. The predicted octanol–water partition coefficient (Wildman–Crippen LogP) is 4.11. The number of aryl methyl sites for hydroxylation is 1. The maximum Gasteiger partial charge on any atom is 0.374 e. The molecule has 0 amide bonds. The van der Waals surface area contributed by atoms with Gasteiger partial charge >= 0.3 is 5.97 Å². The Labute approximate surface area is 177 Å². The van der Waals surface area contributed by atoms with Crippen molar-refractivity contribution >= 4 is 11.8 Å². The molecule has 0 aliphatic rings. The van der Waals surface area contributed by atoms with E-state index in [1.54, 1.807) is 58.9 Å². The van der Waals surface area contributed by atoms with Gasteiger partial charge in [-0.2, -0.15) is 5.10 Å². The molecule has 158 valence electrons. The van der Waals surface area contributed by atoms with Crippen LogP contribution < -0.4 is 0 Å². The number of furan rings is 1. The molecule has 0 saturated carbocycles. The van der Waals surface area contributed by atoms with Gasteiger partial charge < -0.3 is 13.7 Å². The monoisotopic (exact) mass is 421 g/mol. The van der Waals surface area contributed by atoms with Crippen molar-refractivity contribution < 1.29 is 23.1 Å². The molecule has 1 aromatic carbocycles. The summed E-state index contributed by atoms with van der Waals surface area (Å²) in [5, 5.41) is 4.08. The van der Waals surface area contributed by atoms with Crippen LogP contribution in [0.1, 0.15) is 38.1 Å². The first kappa shape index (κ1) is 20.3. The van der Waals surface area contributed by atoms with E-state index in [4.69, 9.17) is 9.15 Å². The summed E-state index contributed by atoms with van der Waals surface area (Å²) in [6, 6.07) is 12.8. The first-order valence-corrected chi connectivity index (χ1v) is 9.63. The average Bonchev–Trinajstić information content (AvgIpc) is 3.48. The molecule has 4 rings (SSSR count). The predicted molar refractivity (Wildman–Crippen MR) is 110 cm³/mol. The summed E-state index contributed by atoms with van der Waals surface area (Å²) < 4.78 is 27.7. The maximum atomic E-state index is 13.6. The summed E-state index contributed by atoms with van der Waals surface area (Å²) in [5.41, 5.74) is 2.44. The summed E-state index contributed by atoms with van der Waals surface area (Å²) in [6.07, 6.45) is 3.43. The van der Waals surface area contributed by atoms with Gasteiger partial charge in [0.25, 0.3) is 0 Å². The Hall–Kier alpha value is -3.94. The molecule has 0 radical (unpaired) electrons. The van der Waals surface area contributed by atoms with Crippen molar-refractivity contribution in [1.82, 2.24) is 14.3 Å². The highest BCUT2D eigenvalue weighted by molar-refractivity contribution is 6.00. The van der Waals surface area contributed by atoms with E-state index < -0.39 is 12.6 Å². The molecule has 8 heteroatoms. The summed E-state index contributed by atoms with van der Waals surface area (Å²) >= 11 is 0. The van der Waals surface area contributed by atoms with Gasteiger partial charge in [-0.15, -0.1) is 0 Å². The molecular formula is C23H20FN3O4. The molecule has 0 aliphatic carbocycles. The average molecular weight is 421 g/mol. The van der Waals surface area contributed by atoms with Crippen LogP contribution in [-0.4, -0.2) is 32.7 Å². The number of carbonyl (C=O) groups is 2. The molecule has 31 heavy (non-hydrogen) atoms. The van der Waals surface area contributed by atoms with Crippen LogP contribution in [0.3, 0.4) is 0 Å². The number of Topliss-reactive ketones (excluding diaryl/α,β-unsaturated/α-hetero) is 1. The Morgan fingerprint density at radius 2 is 1.97 bits per heavy atom. The molecule has 0 spiro atoms. The van der Waals surface area contributed by atoms with Gasteiger partial charge in [0.2, 0.25) is 11.5 Å². The van der Waals surface area contributed by atoms with E-state index in [9.17, 15) is 14.0 Å². The molecule has 4 aromatic rings. The molecule has 7 nitrogen and oxygen atoms in total. The zero-order chi connectivity index (χ0) is 22.0. The van der Waals surface area contributed by atoms with E-state index in [2.05, 4.69) is 5.10 Å². The van der Waals surface area contributed by atoms with E-state index >= 15 is 0 Å². The van der Waals surface area contributed by atoms with Crippen molar-refractivity contribution in [3.63, 3.8) is 0 Å². The lowest BCUT2D eigenvalue weighted by Crippen LogP contribution is -2.14. The van der Waals surface area contributed by atoms with Crippen LogP contribution >= 0.6 is 0 Å². The van der Waals surface area contributed by atoms with Gasteiger partial charge in [-0.1, -0.05) is 6.07 Å². The Bertz CT molecular complexity index is 1240. The van der Waals surface area contributed by atoms with E-state index in [0.29, 0.717) is 29.2 Å². The van der Waals surface area contributed by atoms with E-state index in [0.717, 1.165) is 5.69 Å². The fraction of sp³-hybridized carbons (Fsp3) is 0.174. The van der Waals surface area contributed by atoms with Gasteiger partial charge in [0.05, 0.1) is 6.54 Å². The number of halogens is 1. The number of benzene rings is 1. The molecule has 0 N–H and O–H groups in total. The quantitative estimate of drug-likeness (QED) is 0.331. The lowest BCUT2D eigenvalue weighted by atomic mass is 10.1. The van der Waals surface area contributed by atoms with Crippen molar-refractivity contribution in [3.8, 4) is 5.69 Å². The van der Waals surface area contributed by atoms with Crippen molar-refractivity contribution in [1.29, 1.82) is 0 Å². The third kappa shape index (κ3) is 4.32. The van der Waals surface area contributed by atoms with Crippen molar-refractivity contribution in [3.05, 3.63) is 95.2 Å². The minimum absolute atomic E-state index is 0.0141. The first-order valence-electron chi connectivity index (χ1n) is 9.63. The Kier molecular flexibility index (Phi) is 5.53. The SMILES string of the molecule is Cc1cc(C(=O)COC(=O)c2ccc(Cn3cccn3)o2)c(C)n1-c1cccc(F)c1. The highest BCUT2D eigenvalue weighted by Crippen LogP contribution is 2.22. The maximum absolute atomic E-state index is 13.6. The van der Waals surface area contributed by atoms with Crippen molar-refractivity contribution in [2.75, 3.05) is 6.61 Å². The fourth-order valence-corrected chi connectivity index (χ4v) is 3.46. The minimum atomic E-state index is -0.723. The molecule has 0 unspecified atom stereocenters. The van der Waals surface area contributed by atoms with Gasteiger partial charge in [0.1, 0.15) is 11.6 Å². The highest BCUT2D eigenvalue weighted by atomic mass is 19.1. The number of nitrogens with zero attached hydrogens (tertiary/aromatic N) is 3. The van der Waals surface area contributed by atoms with Crippen molar-refractivity contribution in [2.45, 2.75) is 20.4 Å². The standard InChI is InChI=1S/C23H20FN3O4/c1-15-11-20(16(2)27(15)18-6-3-5-17(24)12-18)21(28)14-30-23(29)22-8-7-19(31-22)13-26-10-4-9-25-26/h3-12H,13-14H2,1-2H3. The van der Waals surface area contributed by atoms with Crippen molar-refractivity contribution in [2.24, 2.45) is 0 Å². The van der Waals surface area contributed by atoms with Crippen LogP contribution in [0, 0.1) is 19.7 Å². The summed E-state index contributed by atoms with van der Waals surface area (Å²) in [5.74, 6) is -0.885. The summed E-state index contributed by atoms with van der Waals surface area (Å²) in [4.78, 5) is 24.9. The van der Waals surface area contributed by atoms with Gasteiger partial charge in [-0.3, -0.25) is 9.48 Å². The number of carbonyl (C=O) groups excluding carboxylic acids is 2. The van der Waals surface area contributed by atoms with Gasteiger partial charge in [0, 0.05) is 35.0 Å². The molecule has 0 bridgehead atoms. The molecule has 0 atom stereocenters. The molecule has 0 aliphatic heterocycles. The Morgan fingerprint density at radius 1 is 1.13 bits per heavy atom. The number of ether oxygens (including phenoxy) is 1. The number of hydrogen-bond acceptors (Lipinski definition) is 5. The molecule has 0 saturated heterocycles. The lowest BCUT2D eigenvalue weighted by Gasteiger charge is -2.10. The van der Waals surface area contributed by atoms with Gasteiger partial charge in [0.15, 0.2) is 6.61 Å². The van der Waals surface area contributed by atoms with E-state index in [1.807, 2.05) is 6.92 Å². The summed E-state index contributed by atoms with van der Waals surface area (Å²) in [6.45, 7) is 3.54. The van der Waals surface area contributed by atoms with Crippen LogP contribution in [0.15, 0.2) is 65.3 Å².